The van der Waals surface area contributed by atoms with Crippen LogP contribution < -0.4 is 5.32 Å². The molecule has 0 aliphatic carbocycles. The van der Waals surface area contributed by atoms with Gasteiger partial charge in [-0.2, -0.15) is 0 Å². The van der Waals surface area contributed by atoms with Gasteiger partial charge in [0, 0.05) is 12.6 Å². The Morgan fingerprint density at radius 1 is 1.43 bits per heavy atom. The Morgan fingerprint density at radius 2 is 2.21 bits per heavy atom. The van der Waals surface area contributed by atoms with Crippen molar-refractivity contribution >= 4 is 0 Å². The van der Waals surface area contributed by atoms with Crippen LogP contribution in [0.4, 0.5) is 0 Å². The SMILES string of the molecule is CCOCC(O)COCC1CCCN1. The van der Waals surface area contributed by atoms with Gasteiger partial charge in [0.25, 0.3) is 0 Å². The van der Waals surface area contributed by atoms with Gasteiger partial charge in [0.15, 0.2) is 0 Å². The fourth-order valence-corrected chi connectivity index (χ4v) is 1.55. The van der Waals surface area contributed by atoms with Gasteiger partial charge >= 0.3 is 0 Å². The first kappa shape index (κ1) is 11.9. The summed E-state index contributed by atoms with van der Waals surface area (Å²) < 4.78 is 10.5. The van der Waals surface area contributed by atoms with E-state index in [1.54, 1.807) is 0 Å². The maximum atomic E-state index is 9.38. The van der Waals surface area contributed by atoms with Crippen LogP contribution >= 0.6 is 0 Å². The van der Waals surface area contributed by atoms with Crippen LogP contribution in [-0.4, -0.2) is 50.2 Å². The highest BCUT2D eigenvalue weighted by atomic mass is 16.5. The molecule has 0 amide bonds. The fraction of sp³-hybridized carbons (Fsp3) is 1.00. The maximum Gasteiger partial charge on any atom is 0.101 e. The quantitative estimate of drug-likeness (QED) is 0.618. The molecule has 2 atom stereocenters. The number of nitrogens with one attached hydrogen (secondary N) is 1. The van der Waals surface area contributed by atoms with Gasteiger partial charge in [-0.05, 0) is 26.3 Å². The van der Waals surface area contributed by atoms with Crippen LogP contribution in [0.15, 0.2) is 0 Å². The molecule has 4 nitrogen and oxygen atoms in total. The topological polar surface area (TPSA) is 50.7 Å². The Kier molecular flexibility index (Phi) is 6.10. The highest BCUT2D eigenvalue weighted by Gasteiger charge is 2.14. The highest BCUT2D eigenvalue weighted by Crippen LogP contribution is 2.04. The second kappa shape index (κ2) is 7.17. The molecule has 0 bridgehead atoms. The second-order valence-corrected chi connectivity index (χ2v) is 3.64. The predicted molar refractivity (Wildman–Crippen MR) is 54.3 cm³/mol. The van der Waals surface area contributed by atoms with Gasteiger partial charge in [0.2, 0.25) is 0 Å². The molecule has 0 aromatic rings. The highest BCUT2D eigenvalue weighted by molar-refractivity contribution is 4.73. The lowest BCUT2D eigenvalue weighted by Gasteiger charge is -2.14. The summed E-state index contributed by atoms with van der Waals surface area (Å²) in [5.41, 5.74) is 0. The lowest BCUT2D eigenvalue weighted by Crippen LogP contribution is -2.30. The molecule has 0 saturated carbocycles. The van der Waals surface area contributed by atoms with Crippen LogP contribution in [0.25, 0.3) is 0 Å². The van der Waals surface area contributed by atoms with E-state index < -0.39 is 6.10 Å². The van der Waals surface area contributed by atoms with Crippen LogP contribution in [-0.2, 0) is 9.47 Å². The Bertz CT molecular complexity index is 137. The monoisotopic (exact) mass is 203 g/mol. The molecular weight excluding hydrogens is 182 g/mol. The average molecular weight is 203 g/mol. The molecule has 2 unspecified atom stereocenters. The molecule has 84 valence electrons. The number of ether oxygens (including phenoxy) is 2. The molecule has 14 heavy (non-hydrogen) atoms. The number of rotatable bonds is 7. The smallest absolute Gasteiger partial charge is 0.101 e. The van der Waals surface area contributed by atoms with E-state index in [9.17, 15) is 5.11 Å². The van der Waals surface area contributed by atoms with Gasteiger partial charge in [-0.25, -0.2) is 0 Å². The molecule has 1 aliphatic rings. The van der Waals surface area contributed by atoms with Crippen molar-refractivity contribution in [3.05, 3.63) is 0 Å². The van der Waals surface area contributed by atoms with Gasteiger partial charge in [-0.1, -0.05) is 0 Å². The van der Waals surface area contributed by atoms with Crippen molar-refractivity contribution in [1.82, 2.24) is 5.32 Å². The molecule has 2 N–H and O–H groups in total. The molecule has 0 aromatic carbocycles. The second-order valence-electron chi connectivity index (χ2n) is 3.64. The third-order valence-electron chi connectivity index (χ3n) is 2.31. The Labute approximate surface area is 85.6 Å². The summed E-state index contributed by atoms with van der Waals surface area (Å²) in [6.45, 7) is 5.09. The zero-order chi connectivity index (χ0) is 10.2. The molecular formula is C10H21NO3. The standard InChI is InChI=1S/C10H21NO3/c1-2-13-7-10(12)8-14-6-9-4-3-5-11-9/h9-12H,2-8H2,1H3. The molecule has 4 heteroatoms. The van der Waals surface area contributed by atoms with Crippen molar-refractivity contribution in [1.29, 1.82) is 0 Å². The molecule has 0 spiro atoms. The normalized spacial score (nSPS) is 24.0. The fourth-order valence-electron chi connectivity index (χ4n) is 1.55. The van der Waals surface area contributed by atoms with Crippen LogP contribution in [0.2, 0.25) is 0 Å². The third-order valence-corrected chi connectivity index (χ3v) is 2.31. The molecule has 1 rings (SSSR count). The molecule has 0 aromatic heterocycles. The van der Waals surface area contributed by atoms with Crippen molar-refractivity contribution in [2.45, 2.75) is 31.9 Å². The summed E-state index contributed by atoms with van der Waals surface area (Å²) in [4.78, 5) is 0. The van der Waals surface area contributed by atoms with Crippen LogP contribution in [0.1, 0.15) is 19.8 Å². The van der Waals surface area contributed by atoms with Gasteiger partial charge < -0.3 is 19.9 Å². The third kappa shape index (κ3) is 4.91. The average Bonchev–Trinajstić information content (AvgIpc) is 2.67. The summed E-state index contributed by atoms with van der Waals surface area (Å²) in [7, 11) is 0. The predicted octanol–water partition coefficient (Wildman–Crippen LogP) is 0.152. The van der Waals surface area contributed by atoms with E-state index in [0.717, 1.165) is 6.54 Å². The zero-order valence-corrected chi connectivity index (χ0v) is 8.87. The van der Waals surface area contributed by atoms with Crippen molar-refractivity contribution in [2.75, 3.05) is 33.0 Å². The van der Waals surface area contributed by atoms with Crippen molar-refractivity contribution in [2.24, 2.45) is 0 Å². The largest absolute Gasteiger partial charge is 0.388 e. The number of hydrogen-bond donors (Lipinski definition) is 2. The van der Waals surface area contributed by atoms with E-state index in [1.807, 2.05) is 6.92 Å². The van der Waals surface area contributed by atoms with E-state index in [4.69, 9.17) is 9.47 Å². The van der Waals surface area contributed by atoms with E-state index in [-0.39, 0.29) is 0 Å². The van der Waals surface area contributed by atoms with Crippen molar-refractivity contribution in [3.8, 4) is 0 Å². The summed E-state index contributed by atoms with van der Waals surface area (Å²) >= 11 is 0. The van der Waals surface area contributed by atoms with Gasteiger partial charge in [0.1, 0.15) is 6.10 Å². The maximum absolute atomic E-state index is 9.38. The molecule has 1 fully saturated rings. The first-order valence-electron chi connectivity index (χ1n) is 5.40. The molecule has 0 radical (unpaired) electrons. The number of aliphatic hydroxyl groups is 1. The van der Waals surface area contributed by atoms with Crippen molar-refractivity contribution < 1.29 is 14.6 Å². The lowest BCUT2D eigenvalue weighted by atomic mass is 10.2. The van der Waals surface area contributed by atoms with Crippen LogP contribution in [0, 0.1) is 0 Å². The van der Waals surface area contributed by atoms with Crippen molar-refractivity contribution in [3.63, 3.8) is 0 Å². The summed E-state index contributed by atoms with van der Waals surface area (Å²) in [6.07, 6.45) is 1.92. The number of hydrogen-bond acceptors (Lipinski definition) is 4. The van der Waals surface area contributed by atoms with E-state index in [2.05, 4.69) is 5.32 Å². The van der Waals surface area contributed by atoms with Gasteiger partial charge in [-0.3, -0.25) is 0 Å². The Morgan fingerprint density at radius 3 is 2.86 bits per heavy atom. The van der Waals surface area contributed by atoms with E-state index in [0.29, 0.717) is 32.5 Å². The lowest BCUT2D eigenvalue weighted by molar-refractivity contribution is -0.0195. The molecule has 1 saturated heterocycles. The van der Waals surface area contributed by atoms with Gasteiger partial charge in [0.05, 0.1) is 19.8 Å². The minimum absolute atomic E-state index is 0.370. The van der Waals surface area contributed by atoms with E-state index in [1.165, 1.54) is 12.8 Å². The van der Waals surface area contributed by atoms with Crippen LogP contribution in [0.3, 0.4) is 0 Å². The minimum atomic E-state index is -0.489. The Balaban J connectivity index is 1.91. The summed E-state index contributed by atoms with van der Waals surface area (Å²) in [5, 5.41) is 12.7. The minimum Gasteiger partial charge on any atom is -0.388 e. The van der Waals surface area contributed by atoms with Crippen LogP contribution in [0.5, 0.6) is 0 Å². The molecule has 1 aliphatic heterocycles. The summed E-state index contributed by atoms with van der Waals surface area (Å²) in [6, 6.07) is 0.481. The van der Waals surface area contributed by atoms with E-state index >= 15 is 0 Å². The summed E-state index contributed by atoms with van der Waals surface area (Å²) in [5.74, 6) is 0. The van der Waals surface area contributed by atoms with Gasteiger partial charge in [-0.15, -0.1) is 0 Å². The molecule has 1 heterocycles. The number of aliphatic hydroxyl groups excluding tert-OH is 1. The first-order valence-corrected chi connectivity index (χ1v) is 5.40. The first-order chi connectivity index (χ1) is 6.83. The zero-order valence-electron chi connectivity index (χ0n) is 8.87. The Hall–Kier alpha value is -0.160.